The van der Waals surface area contributed by atoms with E-state index in [9.17, 15) is 4.79 Å². The molecule has 0 rings (SSSR count). The summed E-state index contributed by atoms with van der Waals surface area (Å²) in [6, 6.07) is 0. The molecule has 0 aliphatic heterocycles. The van der Waals surface area contributed by atoms with Gasteiger partial charge in [-0.3, -0.25) is 0 Å². The fraction of sp³-hybridized carbons (Fsp3) is 0.583. The summed E-state index contributed by atoms with van der Waals surface area (Å²) in [6.07, 6.45) is 2.96. The van der Waals surface area contributed by atoms with Gasteiger partial charge in [0.1, 0.15) is 0 Å². The van der Waals surface area contributed by atoms with E-state index in [1.807, 2.05) is 13.0 Å². The van der Waals surface area contributed by atoms with E-state index < -0.39 is 0 Å². The van der Waals surface area contributed by atoms with E-state index in [2.05, 4.69) is 40.5 Å². The van der Waals surface area contributed by atoms with Gasteiger partial charge in [0.2, 0.25) is 0 Å². The topological polar surface area (TPSA) is 26.3 Å². The van der Waals surface area contributed by atoms with Crippen LogP contribution in [0.2, 0.25) is 0 Å². The molecule has 0 N–H and O–H groups in total. The highest BCUT2D eigenvalue weighted by molar-refractivity contribution is 14.1. The minimum Gasteiger partial charge on any atom is -0.463 e. The smallest absolute Gasteiger partial charge is 0.333 e. The van der Waals surface area contributed by atoms with Crippen LogP contribution < -0.4 is 0 Å². The molecule has 0 aromatic rings. The van der Waals surface area contributed by atoms with E-state index in [0.29, 0.717) is 18.1 Å². The molecule has 0 spiro atoms. The molecule has 0 saturated heterocycles. The summed E-state index contributed by atoms with van der Waals surface area (Å²) in [7, 11) is 0. The summed E-state index contributed by atoms with van der Waals surface area (Å²) in [4.78, 5) is 11.3. The van der Waals surface area contributed by atoms with Crippen molar-refractivity contribution < 1.29 is 9.53 Å². The minimum atomic E-state index is -0.208. The number of allylic oxidation sites excluding steroid dienone is 2. The predicted octanol–water partition coefficient (Wildman–Crippen LogP) is 3.86. The highest BCUT2D eigenvalue weighted by Crippen LogP contribution is 2.15. The van der Waals surface area contributed by atoms with Gasteiger partial charge in [-0.25, -0.2) is 4.79 Å². The lowest BCUT2D eigenvalue weighted by Gasteiger charge is -2.08. The number of hydrogen-bond donors (Lipinski definition) is 0. The van der Waals surface area contributed by atoms with Crippen LogP contribution in [0, 0.1) is 5.92 Å². The van der Waals surface area contributed by atoms with Gasteiger partial charge in [0, 0.05) is 5.57 Å². The Morgan fingerprint density at radius 3 is 2.53 bits per heavy atom. The number of ether oxygens (including phenoxy) is 1. The maximum atomic E-state index is 11.3. The van der Waals surface area contributed by atoms with Gasteiger partial charge in [0.15, 0.2) is 0 Å². The molecular weight excluding hydrogens is 303 g/mol. The summed E-state index contributed by atoms with van der Waals surface area (Å²) in [5.41, 5.74) is 2.03. The fourth-order valence-electron chi connectivity index (χ4n) is 1.35. The summed E-state index contributed by atoms with van der Waals surface area (Å²) in [5, 5.41) is 0. The van der Waals surface area contributed by atoms with Gasteiger partial charge < -0.3 is 4.74 Å². The van der Waals surface area contributed by atoms with Crippen LogP contribution in [0.15, 0.2) is 21.3 Å². The summed E-state index contributed by atoms with van der Waals surface area (Å²) >= 11 is 2.23. The van der Waals surface area contributed by atoms with Crippen molar-refractivity contribution in [2.24, 2.45) is 5.92 Å². The summed E-state index contributed by atoms with van der Waals surface area (Å²) in [5.74, 6) is 0.167. The minimum absolute atomic E-state index is 0.208. The van der Waals surface area contributed by atoms with Crippen molar-refractivity contribution in [3.8, 4) is 0 Å². The first-order chi connectivity index (χ1) is 7.01. The number of halogens is 1. The second kappa shape index (κ2) is 7.91. The van der Waals surface area contributed by atoms with Crippen LogP contribution in [-0.4, -0.2) is 12.6 Å². The van der Waals surface area contributed by atoms with E-state index >= 15 is 0 Å². The second-order valence-electron chi connectivity index (χ2n) is 3.71. The van der Waals surface area contributed by atoms with Gasteiger partial charge in [-0.2, -0.15) is 0 Å². The third kappa shape index (κ3) is 6.71. The molecule has 2 nitrogen and oxygen atoms in total. The van der Waals surface area contributed by atoms with Crippen LogP contribution >= 0.6 is 22.6 Å². The molecule has 0 aromatic heterocycles. The van der Waals surface area contributed by atoms with Crippen molar-refractivity contribution in [2.45, 2.75) is 34.1 Å². The van der Waals surface area contributed by atoms with Crippen LogP contribution in [0.25, 0.3) is 0 Å². The lowest BCUT2D eigenvalue weighted by atomic mass is 10.0. The Balaban J connectivity index is 4.28. The van der Waals surface area contributed by atoms with Gasteiger partial charge in [0.25, 0.3) is 0 Å². The first kappa shape index (κ1) is 14.7. The van der Waals surface area contributed by atoms with Gasteiger partial charge in [-0.1, -0.05) is 41.2 Å². The molecule has 0 unspecified atom stereocenters. The molecule has 0 fully saturated rings. The molecule has 0 aliphatic carbocycles. The Morgan fingerprint density at radius 1 is 1.47 bits per heavy atom. The molecule has 0 heterocycles. The van der Waals surface area contributed by atoms with E-state index in [4.69, 9.17) is 4.74 Å². The molecule has 0 saturated carbocycles. The first-order valence-corrected chi connectivity index (χ1v) is 6.37. The van der Waals surface area contributed by atoms with E-state index in [1.54, 1.807) is 6.92 Å². The molecule has 0 radical (unpaired) electrons. The molecular formula is C12H19IO2. The van der Waals surface area contributed by atoms with Crippen molar-refractivity contribution in [1.29, 1.82) is 0 Å². The quantitative estimate of drug-likeness (QED) is 0.436. The van der Waals surface area contributed by atoms with Crippen LogP contribution in [0.1, 0.15) is 34.1 Å². The van der Waals surface area contributed by atoms with Crippen molar-refractivity contribution in [3.05, 3.63) is 21.3 Å². The number of rotatable bonds is 5. The van der Waals surface area contributed by atoms with Gasteiger partial charge in [0.05, 0.1) is 6.61 Å². The zero-order chi connectivity index (χ0) is 11.8. The lowest BCUT2D eigenvalue weighted by molar-refractivity contribution is -0.138. The number of hydrogen-bond acceptors (Lipinski definition) is 2. The van der Waals surface area contributed by atoms with Crippen LogP contribution in [0.5, 0.6) is 0 Å². The Labute approximate surface area is 106 Å². The molecule has 15 heavy (non-hydrogen) atoms. The Hall–Kier alpha value is -0.320. The normalized spacial score (nSPS) is 15.0. The molecule has 0 amide bonds. The van der Waals surface area contributed by atoms with E-state index in [1.165, 1.54) is 5.57 Å². The van der Waals surface area contributed by atoms with Crippen LogP contribution in [0.3, 0.4) is 0 Å². The van der Waals surface area contributed by atoms with Gasteiger partial charge >= 0.3 is 5.97 Å². The third-order valence-corrected chi connectivity index (χ3v) is 3.03. The van der Waals surface area contributed by atoms with E-state index in [-0.39, 0.29) is 5.97 Å². The number of carbonyl (C=O) groups is 1. The maximum absolute atomic E-state index is 11.3. The Morgan fingerprint density at radius 2 is 2.07 bits per heavy atom. The van der Waals surface area contributed by atoms with Crippen molar-refractivity contribution in [1.82, 2.24) is 0 Å². The SMILES string of the molecule is CCOC(=O)/C(C)=C\[C@H](C)C/C(C)=C/I. The average Bonchev–Trinajstić information content (AvgIpc) is 2.17. The van der Waals surface area contributed by atoms with Gasteiger partial charge in [-0.15, -0.1) is 0 Å². The van der Waals surface area contributed by atoms with Crippen LogP contribution in [-0.2, 0) is 9.53 Å². The van der Waals surface area contributed by atoms with E-state index in [0.717, 1.165) is 6.42 Å². The Bertz CT molecular complexity index is 267. The summed E-state index contributed by atoms with van der Waals surface area (Å²) in [6.45, 7) is 8.25. The van der Waals surface area contributed by atoms with Crippen molar-refractivity contribution >= 4 is 28.6 Å². The zero-order valence-corrected chi connectivity index (χ0v) is 12.0. The highest BCUT2D eigenvalue weighted by Gasteiger charge is 2.07. The molecule has 86 valence electrons. The van der Waals surface area contributed by atoms with Gasteiger partial charge in [-0.05, 0) is 37.2 Å². The maximum Gasteiger partial charge on any atom is 0.333 e. The van der Waals surface area contributed by atoms with Crippen LogP contribution in [0.4, 0.5) is 0 Å². The monoisotopic (exact) mass is 322 g/mol. The lowest BCUT2D eigenvalue weighted by Crippen LogP contribution is -2.06. The average molecular weight is 322 g/mol. The zero-order valence-electron chi connectivity index (χ0n) is 9.84. The molecule has 0 bridgehead atoms. The third-order valence-electron chi connectivity index (χ3n) is 1.96. The molecule has 1 atom stereocenters. The largest absolute Gasteiger partial charge is 0.463 e. The molecule has 3 heteroatoms. The van der Waals surface area contributed by atoms with Crippen molar-refractivity contribution in [3.63, 3.8) is 0 Å². The Kier molecular flexibility index (Phi) is 7.74. The first-order valence-electron chi connectivity index (χ1n) is 5.12. The predicted molar refractivity (Wildman–Crippen MR) is 71.9 cm³/mol. The number of esters is 1. The fourth-order valence-corrected chi connectivity index (χ4v) is 1.61. The number of carbonyl (C=O) groups excluding carboxylic acids is 1. The molecule has 0 aliphatic rings. The second-order valence-corrected chi connectivity index (χ2v) is 4.33. The molecule has 0 aromatic carbocycles. The summed E-state index contributed by atoms with van der Waals surface area (Å²) < 4.78 is 6.98. The highest BCUT2D eigenvalue weighted by atomic mass is 127. The standard InChI is InChI=1S/C12H19IO2/c1-5-15-12(14)11(4)7-9(2)6-10(3)8-13/h7-9H,5-6H2,1-4H3/b10-8+,11-7-/t9-/m1/s1. The van der Waals surface area contributed by atoms with Crippen molar-refractivity contribution in [2.75, 3.05) is 6.61 Å².